The summed E-state index contributed by atoms with van der Waals surface area (Å²) in [5, 5.41) is 9.47. The summed E-state index contributed by atoms with van der Waals surface area (Å²) in [5.41, 5.74) is 0. The number of ether oxygens (including phenoxy) is 2. The van der Waals surface area contributed by atoms with Gasteiger partial charge in [-0.2, -0.15) is 0 Å². The smallest absolute Gasteiger partial charge is 0.0590 e. The first kappa shape index (κ1) is 16.8. The lowest BCUT2D eigenvalue weighted by Crippen LogP contribution is -2.21. The minimum absolute atomic E-state index is 0.801. The Labute approximate surface area is 106 Å². The number of nitrogens with one attached hydrogen (secondary N) is 3. The summed E-state index contributed by atoms with van der Waals surface area (Å²) in [6.45, 7) is 7.19. The van der Waals surface area contributed by atoms with E-state index in [4.69, 9.17) is 9.47 Å². The van der Waals surface area contributed by atoms with Crippen LogP contribution in [0.3, 0.4) is 0 Å². The fraction of sp³-hybridized carbons (Fsp3) is 1.00. The molecule has 5 heteroatoms. The summed E-state index contributed by atoms with van der Waals surface area (Å²) in [4.78, 5) is 0. The molecule has 0 rings (SSSR count). The minimum atomic E-state index is 0.801. The van der Waals surface area contributed by atoms with Crippen molar-refractivity contribution in [3.8, 4) is 0 Å². The fourth-order valence-electron chi connectivity index (χ4n) is 1.28. The van der Waals surface area contributed by atoms with Crippen molar-refractivity contribution in [3.05, 3.63) is 0 Å². The van der Waals surface area contributed by atoms with Gasteiger partial charge in [0.1, 0.15) is 0 Å². The molecular weight excluding hydrogens is 218 g/mol. The maximum absolute atomic E-state index is 5.41. The van der Waals surface area contributed by atoms with Gasteiger partial charge in [0, 0.05) is 26.3 Å². The van der Waals surface area contributed by atoms with Crippen LogP contribution in [0.2, 0.25) is 0 Å². The molecule has 0 amide bonds. The van der Waals surface area contributed by atoms with Crippen LogP contribution in [0.25, 0.3) is 0 Å². The van der Waals surface area contributed by atoms with E-state index in [-0.39, 0.29) is 0 Å². The van der Waals surface area contributed by atoms with Gasteiger partial charge in [-0.05, 0) is 40.0 Å². The largest absolute Gasteiger partial charge is 0.380 e. The van der Waals surface area contributed by atoms with Gasteiger partial charge < -0.3 is 25.4 Å². The van der Waals surface area contributed by atoms with E-state index in [9.17, 15) is 0 Å². The monoisotopic (exact) mass is 247 g/mol. The van der Waals surface area contributed by atoms with E-state index >= 15 is 0 Å². The van der Waals surface area contributed by atoms with Gasteiger partial charge >= 0.3 is 0 Å². The van der Waals surface area contributed by atoms with Crippen LogP contribution in [0.15, 0.2) is 0 Å². The highest BCUT2D eigenvalue weighted by atomic mass is 16.5. The molecule has 0 aromatic rings. The zero-order chi connectivity index (χ0) is 12.6. The summed E-state index contributed by atoms with van der Waals surface area (Å²) >= 11 is 0. The van der Waals surface area contributed by atoms with Crippen LogP contribution in [0.4, 0.5) is 0 Å². The van der Waals surface area contributed by atoms with Gasteiger partial charge in [-0.15, -0.1) is 0 Å². The van der Waals surface area contributed by atoms with Gasteiger partial charge in [0.2, 0.25) is 0 Å². The molecule has 0 aromatic carbocycles. The Hall–Kier alpha value is -0.200. The van der Waals surface area contributed by atoms with Crippen LogP contribution in [-0.4, -0.2) is 66.7 Å². The van der Waals surface area contributed by atoms with Crippen LogP contribution in [-0.2, 0) is 9.47 Å². The first-order valence-electron chi connectivity index (χ1n) is 6.57. The molecular formula is C12H29N3O2. The van der Waals surface area contributed by atoms with E-state index < -0.39 is 0 Å². The molecule has 0 radical (unpaired) electrons. The molecule has 0 saturated carbocycles. The van der Waals surface area contributed by atoms with Crippen LogP contribution in [0, 0.1) is 0 Å². The summed E-state index contributed by atoms with van der Waals surface area (Å²) in [5.74, 6) is 0. The molecule has 0 aromatic heterocycles. The molecule has 17 heavy (non-hydrogen) atoms. The third-order valence-corrected chi connectivity index (χ3v) is 2.28. The second-order valence-corrected chi connectivity index (χ2v) is 3.89. The molecule has 3 N–H and O–H groups in total. The van der Waals surface area contributed by atoms with Crippen molar-refractivity contribution < 1.29 is 9.47 Å². The molecule has 0 aliphatic rings. The van der Waals surface area contributed by atoms with E-state index in [1.807, 2.05) is 14.1 Å². The van der Waals surface area contributed by atoms with Crippen LogP contribution in [0.1, 0.15) is 12.8 Å². The molecule has 0 unspecified atom stereocenters. The summed E-state index contributed by atoms with van der Waals surface area (Å²) in [6, 6.07) is 0. The number of rotatable bonds is 14. The second-order valence-electron chi connectivity index (χ2n) is 3.89. The highest BCUT2D eigenvalue weighted by molar-refractivity contribution is 4.48. The lowest BCUT2D eigenvalue weighted by molar-refractivity contribution is 0.130. The zero-order valence-electron chi connectivity index (χ0n) is 11.4. The molecule has 0 heterocycles. The number of hydrogen-bond acceptors (Lipinski definition) is 5. The average Bonchev–Trinajstić information content (AvgIpc) is 2.35. The van der Waals surface area contributed by atoms with Crippen molar-refractivity contribution in [2.45, 2.75) is 12.8 Å². The lowest BCUT2D eigenvalue weighted by atomic mass is 10.4. The molecule has 104 valence electrons. The van der Waals surface area contributed by atoms with Gasteiger partial charge in [0.15, 0.2) is 0 Å². The molecule has 0 aliphatic carbocycles. The van der Waals surface area contributed by atoms with E-state index in [1.54, 1.807) is 0 Å². The molecule has 0 atom stereocenters. The normalized spacial score (nSPS) is 10.9. The predicted molar refractivity (Wildman–Crippen MR) is 71.6 cm³/mol. The zero-order valence-corrected chi connectivity index (χ0v) is 11.4. The van der Waals surface area contributed by atoms with Crippen LogP contribution < -0.4 is 16.0 Å². The Morgan fingerprint density at radius 2 is 1.12 bits per heavy atom. The Balaban J connectivity index is 2.85. The van der Waals surface area contributed by atoms with E-state index in [0.717, 1.165) is 65.4 Å². The number of likely N-dealkylation sites (N-methyl/N-ethyl adjacent to an activating group) is 2. The fourth-order valence-corrected chi connectivity index (χ4v) is 1.28. The molecule has 5 nitrogen and oxygen atoms in total. The van der Waals surface area contributed by atoms with Crippen molar-refractivity contribution in [1.29, 1.82) is 0 Å². The first-order chi connectivity index (χ1) is 8.41. The third-order valence-electron chi connectivity index (χ3n) is 2.28. The maximum atomic E-state index is 5.41. The molecule has 0 aliphatic heterocycles. The predicted octanol–water partition coefficient (Wildman–Crippen LogP) is -0.172. The molecule has 0 spiro atoms. The highest BCUT2D eigenvalue weighted by Gasteiger charge is 1.91. The molecule has 0 saturated heterocycles. The maximum Gasteiger partial charge on any atom is 0.0590 e. The first-order valence-corrected chi connectivity index (χ1v) is 6.57. The van der Waals surface area contributed by atoms with Crippen LogP contribution in [0.5, 0.6) is 0 Å². The van der Waals surface area contributed by atoms with E-state index in [0.29, 0.717) is 0 Å². The van der Waals surface area contributed by atoms with E-state index in [1.165, 1.54) is 0 Å². The van der Waals surface area contributed by atoms with Crippen molar-refractivity contribution in [2.75, 3.05) is 66.7 Å². The van der Waals surface area contributed by atoms with Crippen molar-refractivity contribution in [1.82, 2.24) is 16.0 Å². The highest BCUT2D eigenvalue weighted by Crippen LogP contribution is 1.83. The summed E-state index contributed by atoms with van der Waals surface area (Å²) in [7, 11) is 3.87. The van der Waals surface area contributed by atoms with Gasteiger partial charge in [-0.1, -0.05) is 0 Å². The Bertz CT molecular complexity index is 123. The van der Waals surface area contributed by atoms with Gasteiger partial charge in [0.05, 0.1) is 13.2 Å². The minimum Gasteiger partial charge on any atom is -0.380 e. The van der Waals surface area contributed by atoms with Crippen LogP contribution >= 0.6 is 0 Å². The Morgan fingerprint density at radius 3 is 1.53 bits per heavy atom. The Morgan fingerprint density at radius 1 is 0.647 bits per heavy atom. The second kappa shape index (κ2) is 15.8. The van der Waals surface area contributed by atoms with E-state index in [2.05, 4.69) is 16.0 Å². The molecule has 0 fully saturated rings. The topological polar surface area (TPSA) is 54.5 Å². The van der Waals surface area contributed by atoms with Crippen molar-refractivity contribution in [3.63, 3.8) is 0 Å². The SMILES string of the molecule is CNCCOCCCNCCCOCCNC. The summed E-state index contributed by atoms with van der Waals surface area (Å²) < 4.78 is 10.8. The standard InChI is InChI=1S/C12H29N3O2/c1-13-7-11-16-9-3-5-15-6-4-10-17-12-8-14-2/h13-15H,3-12H2,1-2H3. The summed E-state index contributed by atoms with van der Waals surface area (Å²) in [6.07, 6.45) is 2.15. The van der Waals surface area contributed by atoms with Gasteiger partial charge in [-0.25, -0.2) is 0 Å². The Kier molecular flexibility index (Phi) is 15.6. The third kappa shape index (κ3) is 15.8. The quantitative estimate of drug-likeness (QED) is 0.372. The average molecular weight is 247 g/mol. The van der Waals surface area contributed by atoms with Gasteiger partial charge in [0.25, 0.3) is 0 Å². The lowest BCUT2D eigenvalue weighted by Gasteiger charge is -2.06. The van der Waals surface area contributed by atoms with Crippen molar-refractivity contribution in [2.24, 2.45) is 0 Å². The van der Waals surface area contributed by atoms with Gasteiger partial charge in [-0.3, -0.25) is 0 Å². The number of hydrogen-bond donors (Lipinski definition) is 3. The molecule has 0 bridgehead atoms. The van der Waals surface area contributed by atoms with Crippen molar-refractivity contribution >= 4 is 0 Å².